The summed E-state index contributed by atoms with van der Waals surface area (Å²) in [7, 11) is 0. The lowest BCUT2D eigenvalue weighted by atomic mass is 10.2. The Morgan fingerprint density at radius 1 is 1.17 bits per heavy atom. The van der Waals surface area contributed by atoms with Gasteiger partial charge in [-0.3, -0.25) is 4.79 Å². The van der Waals surface area contributed by atoms with Crippen LogP contribution in [0.25, 0.3) is 0 Å². The second kappa shape index (κ2) is 9.35. The van der Waals surface area contributed by atoms with Crippen LogP contribution in [0.3, 0.4) is 0 Å². The highest BCUT2D eigenvalue weighted by Gasteiger charge is 2.07. The van der Waals surface area contributed by atoms with Crippen molar-refractivity contribution in [1.29, 1.82) is 0 Å². The molecule has 0 saturated heterocycles. The molecule has 2 aromatic rings. The smallest absolute Gasteiger partial charge is 0.273 e. The molecule has 0 atom stereocenters. The lowest BCUT2D eigenvalue weighted by Crippen LogP contribution is -2.19. The lowest BCUT2D eigenvalue weighted by Gasteiger charge is -2.08. The molecule has 0 aliphatic heterocycles. The average molecular weight is 325 g/mol. The number of para-hydroxylation sites is 2. The van der Waals surface area contributed by atoms with E-state index in [1.807, 2.05) is 24.3 Å². The molecule has 1 amide bonds. The molecule has 0 aliphatic carbocycles. The molecule has 5 nitrogen and oxygen atoms in total. The van der Waals surface area contributed by atoms with Gasteiger partial charge in [-0.05, 0) is 30.7 Å². The number of carbonyl (C=O) groups is 1. The summed E-state index contributed by atoms with van der Waals surface area (Å²) < 4.78 is 5.78. The zero-order valence-electron chi connectivity index (χ0n) is 13.9. The third-order valence-electron chi connectivity index (χ3n) is 3.50. The molecule has 0 radical (unpaired) electrons. The van der Waals surface area contributed by atoms with E-state index in [0.717, 1.165) is 30.6 Å². The summed E-state index contributed by atoms with van der Waals surface area (Å²) >= 11 is 0. The van der Waals surface area contributed by atoms with Crippen molar-refractivity contribution in [3.8, 4) is 5.75 Å². The summed E-state index contributed by atoms with van der Waals surface area (Å²) in [5.41, 5.74) is 9.90. The van der Waals surface area contributed by atoms with Gasteiger partial charge in [0, 0.05) is 11.3 Å². The predicted molar refractivity (Wildman–Crippen MR) is 97.4 cm³/mol. The summed E-state index contributed by atoms with van der Waals surface area (Å²) in [6, 6.07) is 14.5. The fourth-order valence-corrected chi connectivity index (χ4v) is 2.18. The molecule has 3 N–H and O–H groups in total. The van der Waals surface area contributed by atoms with Crippen molar-refractivity contribution in [2.75, 3.05) is 12.3 Å². The topological polar surface area (TPSA) is 76.7 Å². The largest absolute Gasteiger partial charge is 0.493 e. The van der Waals surface area contributed by atoms with Crippen LogP contribution in [0.1, 0.15) is 42.1 Å². The molecule has 0 fully saturated rings. The van der Waals surface area contributed by atoms with Crippen molar-refractivity contribution in [3.63, 3.8) is 0 Å². The number of unbranched alkanes of at least 4 members (excludes halogenated alkanes) is 2. The monoisotopic (exact) mass is 325 g/mol. The van der Waals surface area contributed by atoms with Crippen molar-refractivity contribution >= 4 is 17.8 Å². The quantitative estimate of drug-likeness (QED) is 0.337. The van der Waals surface area contributed by atoms with E-state index in [4.69, 9.17) is 10.5 Å². The highest BCUT2D eigenvalue weighted by Crippen LogP contribution is 2.16. The fourth-order valence-electron chi connectivity index (χ4n) is 2.18. The Labute approximate surface area is 142 Å². The van der Waals surface area contributed by atoms with E-state index in [9.17, 15) is 4.79 Å². The van der Waals surface area contributed by atoms with Gasteiger partial charge in [-0.2, -0.15) is 5.10 Å². The first kappa shape index (κ1) is 17.5. The van der Waals surface area contributed by atoms with E-state index in [1.54, 1.807) is 30.5 Å². The standard InChI is InChI=1S/C19H23N3O2/c1-2-3-8-13-24-18-12-7-4-9-15(18)14-21-22-19(23)16-10-5-6-11-17(16)20/h4-7,9-12,14H,2-3,8,13,20H2,1H3,(H,22,23)/b21-14+. The van der Waals surface area contributed by atoms with Gasteiger partial charge in [-0.1, -0.05) is 44.0 Å². The maximum atomic E-state index is 12.0. The molecule has 5 heteroatoms. The van der Waals surface area contributed by atoms with E-state index in [-0.39, 0.29) is 5.91 Å². The lowest BCUT2D eigenvalue weighted by molar-refractivity contribution is 0.0956. The van der Waals surface area contributed by atoms with Crippen LogP contribution in [0.4, 0.5) is 5.69 Å². The summed E-state index contributed by atoms with van der Waals surface area (Å²) in [5.74, 6) is 0.413. The predicted octanol–water partition coefficient (Wildman–Crippen LogP) is 3.60. The minimum absolute atomic E-state index is 0.342. The third-order valence-corrected chi connectivity index (χ3v) is 3.50. The molecule has 0 aromatic heterocycles. The Balaban J connectivity index is 1.96. The van der Waals surface area contributed by atoms with Gasteiger partial charge in [-0.25, -0.2) is 5.43 Å². The second-order valence-corrected chi connectivity index (χ2v) is 5.38. The summed E-state index contributed by atoms with van der Waals surface area (Å²) in [5, 5.41) is 4.00. The molecule has 0 aliphatic rings. The number of hydrogen-bond donors (Lipinski definition) is 2. The van der Waals surface area contributed by atoms with Gasteiger partial charge in [0.15, 0.2) is 0 Å². The number of carbonyl (C=O) groups excluding carboxylic acids is 1. The minimum atomic E-state index is -0.342. The number of hydrazone groups is 1. The van der Waals surface area contributed by atoms with Crippen LogP contribution in [0.5, 0.6) is 5.75 Å². The number of ether oxygens (including phenoxy) is 1. The van der Waals surface area contributed by atoms with E-state index in [0.29, 0.717) is 17.9 Å². The van der Waals surface area contributed by atoms with Gasteiger partial charge in [-0.15, -0.1) is 0 Å². The Bertz CT molecular complexity index is 699. The Morgan fingerprint density at radius 2 is 1.92 bits per heavy atom. The molecule has 24 heavy (non-hydrogen) atoms. The van der Waals surface area contributed by atoms with Crippen LogP contribution in [0, 0.1) is 0 Å². The molecule has 0 spiro atoms. The molecule has 0 saturated carbocycles. The van der Waals surface area contributed by atoms with Gasteiger partial charge in [0.1, 0.15) is 5.75 Å². The minimum Gasteiger partial charge on any atom is -0.493 e. The van der Waals surface area contributed by atoms with Gasteiger partial charge >= 0.3 is 0 Å². The Morgan fingerprint density at radius 3 is 2.71 bits per heavy atom. The maximum Gasteiger partial charge on any atom is 0.273 e. The maximum absolute atomic E-state index is 12.0. The SMILES string of the molecule is CCCCCOc1ccccc1/C=N/NC(=O)c1ccccc1N. The molecule has 2 aromatic carbocycles. The van der Waals surface area contributed by atoms with Gasteiger partial charge < -0.3 is 10.5 Å². The number of rotatable bonds is 8. The average Bonchev–Trinajstić information content (AvgIpc) is 2.60. The Kier molecular flexibility index (Phi) is 6.83. The van der Waals surface area contributed by atoms with Gasteiger partial charge in [0.25, 0.3) is 5.91 Å². The Hall–Kier alpha value is -2.82. The summed E-state index contributed by atoms with van der Waals surface area (Å²) in [6.45, 7) is 2.83. The van der Waals surface area contributed by atoms with Crippen LogP contribution in [0.2, 0.25) is 0 Å². The van der Waals surface area contributed by atoms with Gasteiger partial charge in [0.2, 0.25) is 0 Å². The zero-order chi connectivity index (χ0) is 17.2. The van der Waals surface area contributed by atoms with E-state index < -0.39 is 0 Å². The van der Waals surface area contributed by atoms with E-state index >= 15 is 0 Å². The molecule has 0 bridgehead atoms. The fraction of sp³-hybridized carbons (Fsp3) is 0.263. The van der Waals surface area contributed by atoms with Crippen LogP contribution in [-0.4, -0.2) is 18.7 Å². The van der Waals surface area contributed by atoms with E-state index in [2.05, 4.69) is 17.5 Å². The third kappa shape index (κ3) is 5.12. The molecule has 2 rings (SSSR count). The van der Waals surface area contributed by atoms with Crippen molar-refractivity contribution in [2.24, 2.45) is 5.10 Å². The zero-order valence-corrected chi connectivity index (χ0v) is 13.9. The molecule has 0 heterocycles. The molecule has 0 unspecified atom stereocenters. The second-order valence-electron chi connectivity index (χ2n) is 5.38. The van der Waals surface area contributed by atoms with Crippen LogP contribution in [-0.2, 0) is 0 Å². The van der Waals surface area contributed by atoms with Crippen molar-refractivity contribution < 1.29 is 9.53 Å². The first-order valence-corrected chi connectivity index (χ1v) is 8.12. The number of hydrogen-bond acceptors (Lipinski definition) is 4. The van der Waals surface area contributed by atoms with Crippen molar-refractivity contribution in [1.82, 2.24) is 5.43 Å². The highest BCUT2D eigenvalue weighted by molar-refractivity contribution is 5.99. The first-order valence-electron chi connectivity index (χ1n) is 8.12. The number of nitrogens with two attached hydrogens (primary N) is 1. The highest BCUT2D eigenvalue weighted by atomic mass is 16.5. The van der Waals surface area contributed by atoms with Crippen molar-refractivity contribution in [3.05, 3.63) is 59.7 Å². The van der Waals surface area contributed by atoms with E-state index in [1.165, 1.54) is 0 Å². The number of anilines is 1. The molecular weight excluding hydrogens is 302 g/mol. The molecular formula is C19H23N3O2. The summed E-state index contributed by atoms with van der Waals surface area (Å²) in [6.07, 6.45) is 4.89. The van der Waals surface area contributed by atoms with Crippen LogP contribution in [0.15, 0.2) is 53.6 Å². The number of amides is 1. The van der Waals surface area contributed by atoms with Gasteiger partial charge in [0.05, 0.1) is 18.4 Å². The van der Waals surface area contributed by atoms with Crippen LogP contribution < -0.4 is 15.9 Å². The number of nitrogen functional groups attached to an aromatic ring is 1. The first-order chi connectivity index (χ1) is 11.7. The number of benzene rings is 2. The van der Waals surface area contributed by atoms with Crippen molar-refractivity contribution in [2.45, 2.75) is 26.2 Å². The summed E-state index contributed by atoms with van der Waals surface area (Å²) in [4.78, 5) is 12.0. The number of nitrogens with one attached hydrogen (secondary N) is 1. The molecule has 126 valence electrons. The van der Waals surface area contributed by atoms with Crippen LogP contribution >= 0.6 is 0 Å². The number of nitrogens with zero attached hydrogens (tertiary/aromatic N) is 1. The normalized spacial score (nSPS) is 10.7.